The van der Waals surface area contributed by atoms with Gasteiger partial charge in [0, 0.05) is 7.05 Å². The molecule has 21 heavy (non-hydrogen) atoms. The van der Waals surface area contributed by atoms with E-state index >= 15 is 0 Å². The van der Waals surface area contributed by atoms with Gasteiger partial charge in [0.2, 0.25) is 0 Å². The quantitative estimate of drug-likeness (QED) is 0.802. The van der Waals surface area contributed by atoms with Crippen molar-refractivity contribution in [2.75, 3.05) is 24.8 Å². The van der Waals surface area contributed by atoms with E-state index in [-0.39, 0.29) is 0 Å². The van der Waals surface area contributed by atoms with Gasteiger partial charge in [-0.25, -0.2) is 9.97 Å². The zero-order valence-electron chi connectivity index (χ0n) is 11.9. The molecule has 0 spiro atoms. The highest BCUT2D eigenvalue weighted by atomic mass is 32.1. The molecule has 5 nitrogen and oxygen atoms in total. The number of rotatable bonds is 4. The van der Waals surface area contributed by atoms with Crippen LogP contribution >= 0.6 is 11.3 Å². The van der Waals surface area contributed by atoms with Crippen LogP contribution < -0.4 is 15.4 Å². The number of aromatic nitrogens is 2. The Balaban J connectivity index is 1.90. The van der Waals surface area contributed by atoms with Crippen molar-refractivity contribution in [1.82, 2.24) is 9.97 Å². The minimum Gasteiger partial charge on any atom is -0.495 e. The summed E-state index contributed by atoms with van der Waals surface area (Å²) < 4.78 is 5.38. The first-order chi connectivity index (χ1) is 10.2. The maximum Gasteiger partial charge on any atom is 0.151 e. The lowest BCUT2D eigenvalue weighted by Crippen LogP contribution is -2.19. The molecule has 0 unspecified atom stereocenters. The molecule has 0 atom stereocenters. The lowest BCUT2D eigenvalue weighted by Gasteiger charge is -2.20. The number of anilines is 2. The molecule has 0 radical (unpaired) electrons. The van der Waals surface area contributed by atoms with E-state index < -0.39 is 0 Å². The Morgan fingerprint density at radius 2 is 2.05 bits per heavy atom. The van der Waals surface area contributed by atoms with E-state index in [0.717, 1.165) is 21.7 Å². The van der Waals surface area contributed by atoms with Gasteiger partial charge in [0.1, 0.15) is 16.4 Å². The van der Waals surface area contributed by atoms with Crippen LogP contribution in [0.2, 0.25) is 0 Å². The monoisotopic (exact) mass is 300 g/mol. The summed E-state index contributed by atoms with van der Waals surface area (Å²) in [6.07, 6.45) is 0. The summed E-state index contributed by atoms with van der Waals surface area (Å²) in [5.41, 5.74) is 6.98. The first-order valence-electron chi connectivity index (χ1n) is 6.53. The fraction of sp³-hybridized carbons (Fsp3) is 0.200. The number of nitrogen functional groups attached to an aromatic ring is 1. The second kappa shape index (κ2) is 5.57. The van der Waals surface area contributed by atoms with Gasteiger partial charge in [0.15, 0.2) is 5.82 Å². The number of para-hydroxylation sites is 2. The van der Waals surface area contributed by atoms with Crippen molar-refractivity contribution >= 4 is 33.1 Å². The van der Waals surface area contributed by atoms with Crippen LogP contribution in [-0.2, 0) is 6.54 Å². The molecule has 0 bridgehead atoms. The maximum atomic E-state index is 5.98. The van der Waals surface area contributed by atoms with E-state index in [9.17, 15) is 0 Å². The Hall–Kier alpha value is -2.34. The molecule has 0 saturated carbocycles. The molecule has 0 aliphatic carbocycles. The van der Waals surface area contributed by atoms with Gasteiger partial charge < -0.3 is 15.4 Å². The van der Waals surface area contributed by atoms with Crippen molar-refractivity contribution in [3.8, 4) is 5.75 Å². The molecule has 2 N–H and O–H groups in total. The molecule has 108 valence electrons. The SMILES string of the molecule is COc1ccccc1N(C)Cc1nc(N)c2ccsc2n1. The van der Waals surface area contributed by atoms with Crippen molar-refractivity contribution < 1.29 is 4.74 Å². The third kappa shape index (κ3) is 2.62. The minimum absolute atomic E-state index is 0.532. The van der Waals surface area contributed by atoms with Gasteiger partial charge in [-0.05, 0) is 23.6 Å². The molecule has 1 aromatic carbocycles. The van der Waals surface area contributed by atoms with Gasteiger partial charge in [-0.1, -0.05) is 12.1 Å². The normalized spacial score (nSPS) is 10.8. The largest absolute Gasteiger partial charge is 0.495 e. The fourth-order valence-corrected chi connectivity index (χ4v) is 3.03. The molecule has 2 heterocycles. The van der Waals surface area contributed by atoms with Crippen LogP contribution in [0.15, 0.2) is 35.7 Å². The standard InChI is InChI=1S/C15H16N4OS/c1-19(11-5-3-4-6-12(11)20-2)9-13-17-14(16)10-7-8-21-15(10)18-13/h3-8H,9H2,1-2H3,(H2,16,17,18). The lowest BCUT2D eigenvalue weighted by atomic mass is 10.2. The number of benzene rings is 1. The van der Waals surface area contributed by atoms with Crippen molar-refractivity contribution in [3.63, 3.8) is 0 Å². The lowest BCUT2D eigenvalue weighted by molar-refractivity contribution is 0.414. The highest BCUT2D eigenvalue weighted by Gasteiger charge is 2.11. The molecule has 6 heteroatoms. The van der Waals surface area contributed by atoms with Gasteiger partial charge in [-0.2, -0.15) is 0 Å². The second-order valence-electron chi connectivity index (χ2n) is 4.69. The topological polar surface area (TPSA) is 64.3 Å². The smallest absolute Gasteiger partial charge is 0.151 e. The number of hydrogen-bond donors (Lipinski definition) is 1. The summed E-state index contributed by atoms with van der Waals surface area (Å²) in [5, 5.41) is 2.90. The second-order valence-corrected chi connectivity index (χ2v) is 5.59. The molecule has 0 aliphatic rings. The Bertz CT molecular complexity index is 771. The summed E-state index contributed by atoms with van der Waals surface area (Å²) in [7, 11) is 3.65. The third-order valence-electron chi connectivity index (χ3n) is 3.28. The fourth-order valence-electron chi connectivity index (χ4n) is 2.24. The van der Waals surface area contributed by atoms with Crippen LogP contribution in [-0.4, -0.2) is 24.1 Å². The van der Waals surface area contributed by atoms with E-state index in [2.05, 4.69) is 9.97 Å². The van der Waals surface area contributed by atoms with E-state index in [1.807, 2.05) is 47.7 Å². The molecule has 0 saturated heterocycles. The first kappa shape index (κ1) is 13.6. The predicted octanol–water partition coefficient (Wildman–Crippen LogP) is 2.92. The summed E-state index contributed by atoms with van der Waals surface area (Å²) in [6.45, 7) is 0.568. The number of thiophene rings is 1. The van der Waals surface area contributed by atoms with Gasteiger partial charge in [-0.3, -0.25) is 0 Å². The van der Waals surface area contributed by atoms with Gasteiger partial charge in [0.05, 0.1) is 24.7 Å². The average molecular weight is 300 g/mol. The number of hydrogen-bond acceptors (Lipinski definition) is 6. The summed E-state index contributed by atoms with van der Waals surface area (Å²) in [4.78, 5) is 11.9. The van der Waals surface area contributed by atoms with Crippen LogP contribution in [0.25, 0.3) is 10.2 Å². The Morgan fingerprint density at radius 1 is 1.24 bits per heavy atom. The summed E-state index contributed by atoms with van der Waals surface area (Å²) >= 11 is 1.57. The van der Waals surface area contributed by atoms with Crippen LogP contribution in [0, 0.1) is 0 Å². The average Bonchev–Trinajstić information content (AvgIpc) is 2.96. The van der Waals surface area contributed by atoms with E-state index in [1.165, 1.54) is 0 Å². The molecule has 0 aliphatic heterocycles. The van der Waals surface area contributed by atoms with Crippen molar-refractivity contribution in [1.29, 1.82) is 0 Å². The summed E-state index contributed by atoms with van der Waals surface area (Å²) in [5.74, 6) is 2.06. The highest BCUT2D eigenvalue weighted by molar-refractivity contribution is 7.16. The number of fused-ring (bicyclic) bond motifs is 1. The number of nitrogens with two attached hydrogens (primary N) is 1. The van der Waals surface area contributed by atoms with E-state index in [1.54, 1.807) is 18.4 Å². The molecular formula is C15H16N4OS. The molecule has 2 aromatic heterocycles. The van der Waals surface area contributed by atoms with Gasteiger partial charge in [0.25, 0.3) is 0 Å². The van der Waals surface area contributed by atoms with Crippen molar-refractivity contribution in [3.05, 3.63) is 41.5 Å². The molecule has 0 amide bonds. The number of nitrogens with zero attached hydrogens (tertiary/aromatic N) is 3. The third-order valence-corrected chi connectivity index (χ3v) is 4.08. The van der Waals surface area contributed by atoms with Crippen LogP contribution in [0.3, 0.4) is 0 Å². The van der Waals surface area contributed by atoms with Crippen LogP contribution in [0.1, 0.15) is 5.82 Å². The minimum atomic E-state index is 0.532. The van der Waals surface area contributed by atoms with Crippen molar-refractivity contribution in [2.45, 2.75) is 6.54 Å². The van der Waals surface area contributed by atoms with Crippen LogP contribution in [0.4, 0.5) is 11.5 Å². The highest BCUT2D eigenvalue weighted by Crippen LogP contribution is 2.28. The Morgan fingerprint density at radius 3 is 2.86 bits per heavy atom. The van der Waals surface area contributed by atoms with Crippen LogP contribution in [0.5, 0.6) is 5.75 Å². The Labute approximate surface area is 127 Å². The van der Waals surface area contributed by atoms with E-state index in [0.29, 0.717) is 18.2 Å². The first-order valence-corrected chi connectivity index (χ1v) is 7.40. The zero-order chi connectivity index (χ0) is 14.8. The molecule has 0 fully saturated rings. The molecule has 3 rings (SSSR count). The maximum absolute atomic E-state index is 5.98. The predicted molar refractivity (Wildman–Crippen MR) is 86.9 cm³/mol. The zero-order valence-corrected chi connectivity index (χ0v) is 12.7. The molecule has 3 aromatic rings. The van der Waals surface area contributed by atoms with E-state index in [4.69, 9.17) is 10.5 Å². The summed E-state index contributed by atoms with van der Waals surface area (Å²) in [6, 6.07) is 9.81. The van der Waals surface area contributed by atoms with Crippen molar-refractivity contribution in [2.24, 2.45) is 0 Å². The number of ether oxygens (including phenoxy) is 1. The Kier molecular flexibility index (Phi) is 3.62. The van der Waals surface area contributed by atoms with Gasteiger partial charge >= 0.3 is 0 Å². The number of methoxy groups -OCH3 is 1. The van der Waals surface area contributed by atoms with Gasteiger partial charge in [-0.15, -0.1) is 11.3 Å². The molecular weight excluding hydrogens is 284 g/mol.